The summed E-state index contributed by atoms with van der Waals surface area (Å²) in [6, 6.07) is 9.66. The molecule has 1 aromatic carbocycles. The Morgan fingerprint density at radius 3 is 2.74 bits per heavy atom. The van der Waals surface area contributed by atoms with Gasteiger partial charge in [0.1, 0.15) is 12.4 Å². The van der Waals surface area contributed by atoms with Crippen LogP contribution in [0.2, 0.25) is 0 Å². The number of nitrogens with zero attached hydrogens (tertiary/aromatic N) is 4. The minimum atomic E-state index is -0.681. The van der Waals surface area contributed by atoms with E-state index in [-0.39, 0.29) is 18.4 Å². The normalized spacial score (nSPS) is 16.6. The quantitative estimate of drug-likeness (QED) is 0.329. The Kier molecular flexibility index (Phi) is 10.4. The number of aliphatic hydroxyl groups is 1. The minimum Gasteiger partial charge on any atom is -0.486 e. The van der Waals surface area contributed by atoms with Crippen LogP contribution in [0.1, 0.15) is 66.0 Å². The predicted octanol–water partition coefficient (Wildman–Crippen LogP) is 3.62. The molecule has 3 aromatic rings. The van der Waals surface area contributed by atoms with E-state index >= 15 is 0 Å². The molecule has 1 atom stereocenters. The lowest BCUT2D eigenvalue weighted by atomic mass is 9.91. The molecule has 2 N–H and O–H groups in total. The fraction of sp³-hybridized carbons (Fsp3) is 0.515. The first-order valence-electron chi connectivity index (χ1n) is 15.4. The highest BCUT2D eigenvalue weighted by atomic mass is 16.5. The van der Waals surface area contributed by atoms with Gasteiger partial charge in [0.05, 0.1) is 12.3 Å². The number of β-amino-alcohol motifs (C(OH)–C–C–N with tert-alkyl or cyclic N) is 1. The second kappa shape index (κ2) is 14.6. The first kappa shape index (κ1) is 30.7. The molecule has 0 radical (unpaired) electrons. The topological polar surface area (TPSA) is 121 Å². The number of carbonyl (C=O) groups is 2. The van der Waals surface area contributed by atoms with E-state index in [1.165, 1.54) is 17.5 Å². The molecule has 1 fully saturated rings. The summed E-state index contributed by atoms with van der Waals surface area (Å²) in [5.41, 5.74) is 3.90. The summed E-state index contributed by atoms with van der Waals surface area (Å²) in [5.74, 6) is 2.33. The number of pyridine rings is 1. The third-order valence-corrected chi connectivity index (χ3v) is 8.23. The van der Waals surface area contributed by atoms with Crippen LogP contribution in [0.5, 0.6) is 5.75 Å². The summed E-state index contributed by atoms with van der Waals surface area (Å²) >= 11 is 0. The zero-order chi connectivity index (χ0) is 30.2. The van der Waals surface area contributed by atoms with Crippen molar-refractivity contribution in [2.75, 3.05) is 32.7 Å². The maximum absolute atomic E-state index is 12.9. The number of piperidine rings is 1. The average Bonchev–Trinajstić information content (AvgIpc) is 3.53. The summed E-state index contributed by atoms with van der Waals surface area (Å²) in [7, 11) is 0. The zero-order valence-corrected chi connectivity index (χ0v) is 25.2. The highest BCUT2D eigenvalue weighted by Crippen LogP contribution is 2.25. The van der Waals surface area contributed by atoms with Crippen LogP contribution >= 0.6 is 0 Å². The fourth-order valence-corrected chi connectivity index (χ4v) is 5.87. The molecule has 2 aliphatic heterocycles. The molecule has 0 aliphatic carbocycles. The number of likely N-dealkylation sites (tertiary alicyclic amines) is 1. The third-order valence-electron chi connectivity index (χ3n) is 8.23. The number of oxazole rings is 1. The van der Waals surface area contributed by atoms with Crippen LogP contribution in [0.3, 0.4) is 0 Å². The molecule has 0 saturated carbocycles. The number of rotatable bonds is 12. The van der Waals surface area contributed by atoms with E-state index in [9.17, 15) is 14.7 Å². The first-order chi connectivity index (χ1) is 20.8. The Hall–Kier alpha value is -3.76. The van der Waals surface area contributed by atoms with E-state index in [4.69, 9.17) is 9.15 Å². The molecule has 1 saturated heterocycles. The Labute approximate surface area is 253 Å². The van der Waals surface area contributed by atoms with Gasteiger partial charge in [-0.2, -0.15) is 0 Å². The molecule has 2 amide bonds. The van der Waals surface area contributed by atoms with Gasteiger partial charge in [0.15, 0.2) is 12.2 Å². The van der Waals surface area contributed by atoms with Crippen molar-refractivity contribution in [1.29, 1.82) is 0 Å². The number of nitrogens with one attached hydrogen (secondary N) is 1. The van der Waals surface area contributed by atoms with Crippen LogP contribution < -0.4 is 10.1 Å². The van der Waals surface area contributed by atoms with Crippen molar-refractivity contribution in [2.45, 2.75) is 65.2 Å². The number of amides is 2. The monoisotopic (exact) mass is 589 g/mol. The summed E-state index contributed by atoms with van der Waals surface area (Å²) in [5, 5.41) is 13.6. The predicted molar refractivity (Wildman–Crippen MR) is 161 cm³/mol. The molecular formula is C33H43N5O5. The van der Waals surface area contributed by atoms with Crippen molar-refractivity contribution < 1.29 is 23.8 Å². The van der Waals surface area contributed by atoms with Crippen LogP contribution in [-0.2, 0) is 30.8 Å². The minimum absolute atomic E-state index is 0.178. The van der Waals surface area contributed by atoms with Gasteiger partial charge in [-0.05, 0) is 72.9 Å². The van der Waals surface area contributed by atoms with Crippen molar-refractivity contribution in [1.82, 2.24) is 25.1 Å². The maximum Gasteiger partial charge on any atom is 0.251 e. The number of aliphatic hydroxyl groups excluding tert-OH is 1. The second-order valence-electron chi connectivity index (χ2n) is 12.2. The van der Waals surface area contributed by atoms with Crippen LogP contribution in [0.4, 0.5) is 0 Å². The molecule has 2 aromatic heterocycles. The van der Waals surface area contributed by atoms with Gasteiger partial charge in [-0.3, -0.25) is 19.5 Å². The van der Waals surface area contributed by atoms with E-state index in [1.54, 1.807) is 18.5 Å². The van der Waals surface area contributed by atoms with Gasteiger partial charge in [-0.15, -0.1) is 0 Å². The van der Waals surface area contributed by atoms with Gasteiger partial charge >= 0.3 is 0 Å². The Balaban J connectivity index is 1.04. The molecule has 10 nitrogen and oxygen atoms in total. The molecule has 0 unspecified atom stereocenters. The number of carbonyl (C=O) groups excluding carboxylic acids is 2. The lowest BCUT2D eigenvalue weighted by molar-refractivity contribution is -0.133. The molecular weight excluding hydrogens is 546 g/mol. The van der Waals surface area contributed by atoms with Gasteiger partial charge in [0.25, 0.3) is 5.91 Å². The lowest BCUT2D eigenvalue weighted by Crippen LogP contribution is -2.42. The SMILES string of the molecule is CC(C)CC(=O)N1CCC(Cc2cc(C(=O)NC[C@H](O)CN3CCc4cc(OCc5cnco5)ccc4C3)ccn2)CC1. The highest BCUT2D eigenvalue weighted by Gasteiger charge is 2.24. The van der Waals surface area contributed by atoms with Gasteiger partial charge in [-0.1, -0.05) is 19.9 Å². The van der Waals surface area contributed by atoms with Crippen LogP contribution in [-0.4, -0.2) is 75.5 Å². The van der Waals surface area contributed by atoms with E-state index in [0.29, 0.717) is 42.7 Å². The van der Waals surface area contributed by atoms with Crippen molar-refractivity contribution in [3.63, 3.8) is 0 Å². The molecule has 4 heterocycles. The standard InChI is InChI=1S/C33H43N5O5/c1-23(2)13-32(40)38-11-6-24(7-12-38)14-28-15-26(5-9-35-28)33(41)36-17-29(39)20-37-10-8-25-16-30(4-3-27(25)19-37)42-21-31-18-34-22-43-31/h3-5,9,15-16,18,22-24,29,39H,6-8,10-14,17,19-21H2,1-2H3,(H,36,41)/t29-/m0/s1. The Bertz CT molecular complexity index is 1350. The molecule has 5 rings (SSSR count). The third kappa shape index (κ3) is 8.87. The zero-order valence-electron chi connectivity index (χ0n) is 25.2. The van der Waals surface area contributed by atoms with Gasteiger partial charge < -0.3 is 24.5 Å². The molecule has 0 spiro atoms. The summed E-state index contributed by atoms with van der Waals surface area (Å²) in [6.45, 7) is 8.27. The maximum atomic E-state index is 12.9. The number of hydrogen-bond donors (Lipinski definition) is 2. The number of hydrogen-bond acceptors (Lipinski definition) is 8. The average molecular weight is 590 g/mol. The molecule has 10 heteroatoms. The Morgan fingerprint density at radius 2 is 1.98 bits per heavy atom. The summed E-state index contributed by atoms with van der Waals surface area (Å²) < 4.78 is 11.0. The van der Waals surface area contributed by atoms with Crippen molar-refractivity contribution in [3.05, 3.63) is 77.3 Å². The second-order valence-corrected chi connectivity index (χ2v) is 12.2. The van der Waals surface area contributed by atoms with Crippen LogP contribution in [0.25, 0.3) is 0 Å². The summed E-state index contributed by atoms with van der Waals surface area (Å²) in [6.07, 6.45) is 8.19. The first-order valence-corrected chi connectivity index (χ1v) is 15.4. The largest absolute Gasteiger partial charge is 0.486 e. The molecule has 0 bridgehead atoms. The van der Waals surface area contributed by atoms with E-state index in [1.807, 2.05) is 17.0 Å². The Morgan fingerprint density at radius 1 is 1.14 bits per heavy atom. The number of ether oxygens (including phenoxy) is 1. The molecule has 43 heavy (non-hydrogen) atoms. The van der Waals surface area contributed by atoms with E-state index < -0.39 is 6.10 Å². The van der Waals surface area contributed by atoms with Crippen molar-refractivity contribution in [3.8, 4) is 5.75 Å². The van der Waals surface area contributed by atoms with E-state index in [2.05, 4.69) is 46.2 Å². The number of fused-ring (bicyclic) bond motifs is 1. The van der Waals surface area contributed by atoms with Gasteiger partial charge in [-0.25, -0.2) is 4.98 Å². The number of benzene rings is 1. The van der Waals surface area contributed by atoms with Gasteiger partial charge in [0, 0.05) is 63.1 Å². The molecule has 230 valence electrons. The number of aromatic nitrogens is 2. The molecule has 2 aliphatic rings. The van der Waals surface area contributed by atoms with Gasteiger partial charge in [0.2, 0.25) is 5.91 Å². The lowest BCUT2D eigenvalue weighted by Gasteiger charge is -2.32. The smallest absolute Gasteiger partial charge is 0.251 e. The summed E-state index contributed by atoms with van der Waals surface area (Å²) in [4.78, 5) is 37.8. The van der Waals surface area contributed by atoms with Crippen LogP contribution in [0.15, 0.2) is 53.5 Å². The van der Waals surface area contributed by atoms with Crippen molar-refractivity contribution >= 4 is 11.8 Å². The fourth-order valence-electron chi connectivity index (χ4n) is 5.87. The highest BCUT2D eigenvalue weighted by molar-refractivity contribution is 5.94. The van der Waals surface area contributed by atoms with Crippen LogP contribution in [0, 0.1) is 11.8 Å². The van der Waals surface area contributed by atoms with E-state index in [0.717, 1.165) is 63.3 Å². The van der Waals surface area contributed by atoms with Crippen molar-refractivity contribution in [2.24, 2.45) is 11.8 Å².